The Balaban J connectivity index is 1.05. The van der Waals surface area contributed by atoms with Gasteiger partial charge in [0.25, 0.3) is 0 Å². The summed E-state index contributed by atoms with van der Waals surface area (Å²) in [6.07, 6.45) is 0. The number of nitrogens with zero attached hydrogens (tertiary/aromatic N) is 1. The normalized spacial score (nSPS) is 11.1. The molecule has 278 valence electrons. The van der Waals surface area contributed by atoms with E-state index in [2.05, 4.69) is 254 Å². The minimum Gasteiger partial charge on any atom is -0.310 e. The molecule has 0 unspecified atom stereocenters. The van der Waals surface area contributed by atoms with E-state index in [1.54, 1.807) is 0 Å². The highest BCUT2D eigenvalue weighted by molar-refractivity contribution is 5.89. The first-order valence-electron chi connectivity index (χ1n) is 20.2. The van der Waals surface area contributed by atoms with Crippen molar-refractivity contribution in [1.29, 1.82) is 0 Å². The predicted octanol–water partition coefficient (Wildman–Crippen LogP) is 16.3. The van der Waals surface area contributed by atoms with Crippen molar-refractivity contribution in [2.24, 2.45) is 0 Å². The minimum atomic E-state index is 1.09. The highest BCUT2D eigenvalue weighted by Gasteiger charge is 2.16. The van der Waals surface area contributed by atoms with Crippen molar-refractivity contribution in [2.75, 3.05) is 4.90 Å². The number of rotatable bonds is 9. The molecule has 0 amide bonds. The third kappa shape index (κ3) is 7.58. The van der Waals surface area contributed by atoms with Gasteiger partial charge in [0.2, 0.25) is 0 Å². The summed E-state index contributed by atoms with van der Waals surface area (Å²) in [4.78, 5) is 2.37. The standard InChI is InChI=1S/C58H41N/c1-4-14-42(15-5-1)49-22-12-23-50(36-49)46-28-32-56(33-29-46)59(58-25-13-24-51(41-58)52-27-26-45-20-10-11-21-48(45)37-52)57-34-30-47(31-35-57)55-39-53(43-16-6-2-7-17-43)38-54(40-55)44-18-8-3-9-19-44/h1-41H. The molecule has 0 bridgehead atoms. The summed E-state index contributed by atoms with van der Waals surface area (Å²) in [7, 11) is 0. The molecule has 1 heteroatoms. The molecule has 0 atom stereocenters. The summed E-state index contributed by atoms with van der Waals surface area (Å²) in [5, 5.41) is 2.48. The first kappa shape index (κ1) is 35.7. The quantitative estimate of drug-likeness (QED) is 0.142. The Morgan fingerprint density at radius 3 is 1.03 bits per heavy atom. The fraction of sp³-hybridized carbons (Fsp3) is 0. The van der Waals surface area contributed by atoms with Crippen molar-refractivity contribution in [2.45, 2.75) is 0 Å². The lowest BCUT2D eigenvalue weighted by atomic mass is 9.93. The van der Waals surface area contributed by atoms with Crippen LogP contribution in [0.15, 0.2) is 249 Å². The lowest BCUT2D eigenvalue weighted by Gasteiger charge is -2.26. The van der Waals surface area contributed by atoms with E-state index in [4.69, 9.17) is 0 Å². The van der Waals surface area contributed by atoms with Crippen LogP contribution in [0.1, 0.15) is 0 Å². The van der Waals surface area contributed by atoms with Crippen LogP contribution in [0.2, 0.25) is 0 Å². The second-order valence-corrected chi connectivity index (χ2v) is 15.0. The largest absolute Gasteiger partial charge is 0.310 e. The van der Waals surface area contributed by atoms with Gasteiger partial charge >= 0.3 is 0 Å². The predicted molar refractivity (Wildman–Crippen MR) is 251 cm³/mol. The summed E-state index contributed by atoms with van der Waals surface area (Å²) < 4.78 is 0. The molecule has 10 aromatic rings. The van der Waals surface area contributed by atoms with E-state index < -0.39 is 0 Å². The molecular formula is C58H41N. The first-order chi connectivity index (χ1) is 29.2. The number of benzene rings is 10. The van der Waals surface area contributed by atoms with Gasteiger partial charge in [-0.05, 0) is 144 Å². The third-order valence-electron chi connectivity index (χ3n) is 11.2. The zero-order valence-corrected chi connectivity index (χ0v) is 32.6. The Kier molecular flexibility index (Phi) is 9.68. The highest BCUT2D eigenvalue weighted by atomic mass is 15.1. The monoisotopic (exact) mass is 751 g/mol. The molecule has 10 rings (SSSR count). The second kappa shape index (κ2) is 16.0. The average Bonchev–Trinajstić information content (AvgIpc) is 3.33. The average molecular weight is 752 g/mol. The van der Waals surface area contributed by atoms with E-state index in [-0.39, 0.29) is 0 Å². The highest BCUT2D eigenvalue weighted by Crippen LogP contribution is 2.40. The molecule has 0 fully saturated rings. The van der Waals surface area contributed by atoms with Crippen molar-refractivity contribution in [3.05, 3.63) is 249 Å². The molecular weight excluding hydrogens is 711 g/mol. The van der Waals surface area contributed by atoms with Gasteiger partial charge in [-0.25, -0.2) is 0 Å². The van der Waals surface area contributed by atoms with Crippen LogP contribution in [0.5, 0.6) is 0 Å². The van der Waals surface area contributed by atoms with Gasteiger partial charge in [-0.15, -0.1) is 0 Å². The van der Waals surface area contributed by atoms with Gasteiger partial charge in [-0.3, -0.25) is 0 Å². The van der Waals surface area contributed by atoms with Crippen molar-refractivity contribution in [3.8, 4) is 66.8 Å². The van der Waals surface area contributed by atoms with Gasteiger partial charge in [0.15, 0.2) is 0 Å². The van der Waals surface area contributed by atoms with Crippen LogP contribution in [0, 0.1) is 0 Å². The number of fused-ring (bicyclic) bond motifs is 1. The molecule has 0 aliphatic heterocycles. The van der Waals surface area contributed by atoms with Gasteiger partial charge in [-0.2, -0.15) is 0 Å². The number of hydrogen-bond donors (Lipinski definition) is 0. The minimum absolute atomic E-state index is 1.09. The van der Waals surface area contributed by atoms with Gasteiger partial charge in [-0.1, -0.05) is 182 Å². The Hall–Kier alpha value is -7.74. The van der Waals surface area contributed by atoms with Gasteiger partial charge in [0, 0.05) is 17.1 Å². The van der Waals surface area contributed by atoms with Crippen molar-refractivity contribution < 1.29 is 0 Å². The molecule has 59 heavy (non-hydrogen) atoms. The fourth-order valence-corrected chi connectivity index (χ4v) is 8.14. The van der Waals surface area contributed by atoms with Crippen LogP contribution in [0.3, 0.4) is 0 Å². The Bertz CT molecular complexity index is 2950. The Morgan fingerprint density at radius 2 is 0.508 bits per heavy atom. The van der Waals surface area contributed by atoms with E-state index in [1.165, 1.54) is 77.5 Å². The molecule has 0 spiro atoms. The first-order valence-corrected chi connectivity index (χ1v) is 20.2. The maximum atomic E-state index is 2.37. The van der Waals surface area contributed by atoms with Crippen molar-refractivity contribution in [3.63, 3.8) is 0 Å². The molecule has 0 aromatic heterocycles. The lowest BCUT2D eigenvalue weighted by Crippen LogP contribution is -2.10. The summed E-state index contributed by atoms with van der Waals surface area (Å²) in [5.74, 6) is 0. The van der Waals surface area contributed by atoms with Crippen LogP contribution < -0.4 is 4.90 Å². The van der Waals surface area contributed by atoms with Crippen LogP contribution in [0.4, 0.5) is 17.1 Å². The topological polar surface area (TPSA) is 3.24 Å². The third-order valence-corrected chi connectivity index (χ3v) is 11.2. The van der Waals surface area contributed by atoms with E-state index in [9.17, 15) is 0 Å². The van der Waals surface area contributed by atoms with Crippen LogP contribution in [-0.4, -0.2) is 0 Å². The number of hydrogen-bond acceptors (Lipinski definition) is 1. The summed E-state index contributed by atoms with van der Waals surface area (Å²) >= 11 is 0. The summed E-state index contributed by atoms with van der Waals surface area (Å²) in [6, 6.07) is 89.9. The van der Waals surface area contributed by atoms with Gasteiger partial charge in [0.1, 0.15) is 0 Å². The smallest absolute Gasteiger partial charge is 0.0467 e. The molecule has 10 aromatic carbocycles. The molecule has 0 heterocycles. The zero-order chi connectivity index (χ0) is 39.4. The van der Waals surface area contributed by atoms with Gasteiger partial charge < -0.3 is 4.90 Å². The zero-order valence-electron chi connectivity index (χ0n) is 32.6. The van der Waals surface area contributed by atoms with Crippen molar-refractivity contribution in [1.82, 2.24) is 0 Å². The summed E-state index contributed by atoms with van der Waals surface area (Å²) in [5.41, 5.74) is 17.6. The van der Waals surface area contributed by atoms with Crippen LogP contribution in [0.25, 0.3) is 77.5 Å². The molecule has 1 nitrogen and oxygen atoms in total. The van der Waals surface area contributed by atoms with Crippen molar-refractivity contribution >= 4 is 27.8 Å². The maximum Gasteiger partial charge on any atom is 0.0467 e. The Labute approximate surface area is 346 Å². The molecule has 0 aliphatic carbocycles. The molecule has 0 saturated heterocycles. The fourth-order valence-electron chi connectivity index (χ4n) is 8.14. The molecule has 0 N–H and O–H groups in total. The summed E-state index contributed by atoms with van der Waals surface area (Å²) in [6.45, 7) is 0. The SMILES string of the molecule is c1ccc(-c2cccc(-c3ccc(N(c4ccc(-c5cc(-c6ccccc6)cc(-c6ccccc6)c5)cc4)c4cccc(-c5ccc6ccccc6c5)c4)cc3)c2)cc1. The van der Waals surface area contributed by atoms with E-state index in [0.717, 1.165) is 17.1 Å². The van der Waals surface area contributed by atoms with Gasteiger partial charge in [0.05, 0.1) is 0 Å². The Morgan fingerprint density at radius 1 is 0.169 bits per heavy atom. The molecule has 0 radical (unpaired) electrons. The molecule has 0 saturated carbocycles. The van der Waals surface area contributed by atoms with E-state index >= 15 is 0 Å². The van der Waals surface area contributed by atoms with Crippen LogP contribution in [-0.2, 0) is 0 Å². The second-order valence-electron chi connectivity index (χ2n) is 15.0. The molecule has 0 aliphatic rings. The maximum absolute atomic E-state index is 2.37. The van der Waals surface area contributed by atoms with E-state index in [1.807, 2.05) is 0 Å². The number of anilines is 3. The van der Waals surface area contributed by atoms with Crippen LogP contribution >= 0.6 is 0 Å². The van der Waals surface area contributed by atoms with E-state index in [0.29, 0.717) is 0 Å². The lowest BCUT2D eigenvalue weighted by molar-refractivity contribution is 1.28.